The van der Waals surface area contributed by atoms with Gasteiger partial charge < -0.3 is 29.2 Å². The van der Waals surface area contributed by atoms with E-state index in [0.717, 1.165) is 6.42 Å². The van der Waals surface area contributed by atoms with Crippen molar-refractivity contribution in [2.75, 3.05) is 21.0 Å². The first-order valence-corrected chi connectivity index (χ1v) is 9.78. The topological polar surface area (TPSA) is 94.5 Å². The van der Waals surface area contributed by atoms with Gasteiger partial charge in [0.25, 0.3) is 0 Å². The molecule has 1 heterocycles. The Morgan fingerprint density at radius 1 is 1.13 bits per heavy atom. The lowest BCUT2D eigenvalue weighted by Crippen LogP contribution is -2.46. The predicted molar refractivity (Wildman–Crippen MR) is 109 cm³/mol. The Hall–Kier alpha value is -3.03. The number of methoxy groups -OCH3 is 2. The molecule has 2 atom stereocenters. The van der Waals surface area contributed by atoms with Gasteiger partial charge in [0.15, 0.2) is 17.1 Å². The van der Waals surface area contributed by atoms with Gasteiger partial charge in [0, 0.05) is 16.7 Å². The third-order valence-electron chi connectivity index (χ3n) is 5.59. The molecule has 2 aromatic carbocycles. The Kier molecular flexibility index (Phi) is 5.17. The number of ether oxygens (including phenoxy) is 4. The highest BCUT2D eigenvalue weighted by Crippen LogP contribution is 2.53. The molecular weight excluding hydrogens is 388 g/mol. The van der Waals surface area contributed by atoms with Crippen molar-refractivity contribution in [2.24, 2.45) is 0 Å². The lowest BCUT2D eigenvalue weighted by molar-refractivity contribution is -0.148. The molecule has 30 heavy (non-hydrogen) atoms. The van der Waals surface area contributed by atoms with Crippen LogP contribution in [0.4, 0.5) is 0 Å². The van der Waals surface area contributed by atoms with Gasteiger partial charge in [-0.25, -0.2) is 0 Å². The molecule has 2 aliphatic rings. The Bertz CT molecular complexity index is 1030. The van der Waals surface area contributed by atoms with E-state index in [9.17, 15) is 15.0 Å². The first-order chi connectivity index (χ1) is 14.5. The van der Waals surface area contributed by atoms with Crippen molar-refractivity contribution < 1.29 is 34.0 Å². The lowest BCUT2D eigenvalue weighted by Gasteiger charge is -2.39. The van der Waals surface area contributed by atoms with Gasteiger partial charge in [0.05, 0.1) is 14.2 Å². The number of fused-ring (bicyclic) bond motifs is 2. The van der Waals surface area contributed by atoms with Gasteiger partial charge in [-0.05, 0) is 36.2 Å². The Labute approximate surface area is 174 Å². The van der Waals surface area contributed by atoms with Gasteiger partial charge in [0.2, 0.25) is 12.6 Å². The van der Waals surface area contributed by atoms with E-state index in [4.69, 9.17) is 18.9 Å². The normalized spacial score (nSPS) is 23.4. The molecule has 0 amide bonds. The minimum Gasteiger partial charge on any atom is -0.496 e. The molecule has 0 fully saturated rings. The van der Waals surface area contributed by atoms with E-state index in [1.165, 1.54) is 20.3 Å². The SMILES string of the molecule is CCC/C=C1\C(=O)[C@@](O)(c2ccc3c(c2)OCO3)[C@H](O)c2c(OC)ccc(OC)c21. The highest BCUT2D eigenvalue weighted by Gasteiger charge is 2.53. The number of hydrogen-bond donors (Lipinski definition) is 2. The quantitative estimate of drug-likeness (QED) is 0.729. The molecule has 0 unspecified atom stereocenters. The van der Waals surface area contributed by atoms with Crippen LogP contribution in [0.1, 0.15) is 42.6 Å². The number of Topliss-reactive ketones (excluding diaryl/α,β-unsaturated/α-hetero) is 1. The fourth-order valence-electron chi connectivity index (χ4n) is 4.04. The number of aliphatic hydroxyl groups is 2. The minimum atomic E-state index is -2.23. The summed E-state index contributed by atoms with van der Waals surface area (Å²) in [6.07, 6.45) is 1.62. The van der Waals surface area contributed by atoms with Gasteiger partial charge in [0.1, 0.15) is 17.6 Å². The van der Waals surface area contributed by atoms with Crippen LogP contribution in [0.5, 0.6) is 23.0 Å². The van der Waals surface area contributed by atoms with Gasteiger partial charge >= 0.3 is 0 Å². The molecule has 0 saturated carbocycles. The van der Waals surface area contributed by atoms with Crippen LogP contribution in [-0.4, -0.2) is 37.0 Å². The summed E-state index contributed by atoms with van der Waals surface area (Å²) in [5.74, 6) is 1.09. The highest BCUT2D eigenvalue weighted by atomic mass is 16.7. The van der Waals surface area contributed by atoms with Crippen molar-refractivity contribution in [1.29, 1.82) is 0 Å². The van der Waals surface area contributed by atoms with Gasteiger partial charge in [-0.15, -0.1) is 0 Å². The third-order valence-corrected chi connectivity index (χ3v) is 5.59. The summed E-state index contributed by atoms with van der Waals surface area (Å²) in [7, 11) is 2.97. The van der Waals surface area contributed by atoms with E-state index in [0.29, 0.717) is 40.5 Å². The van der Waals surface area contributed by atoms with Crippen LogP contribution >= 0.6 is 0 Å². The van der Waals surface area contributed by atoms with Crippen molar-refractivity contribution in [1.82, 2.24) is 0 Å². The maximum Gasteiger partial charge on any atom is 0.231 e. The molecule has 2 N–H and O–H groups in total. The van der Waals surface area contributed by atoms with Crippen LogP contribution in [-0.2, 0) is 10.4 Å². The molecule has 7 heteroatoms. The summed E-state index contributed by atoms with van der Waals surface area (Å²) in [5, 5.41) is 23.0. The second kappa shape index (κ2) is 7.66. The molecule has 0 aromatic heterocycles. The van der Waals surface area contributed by atoms with E-state index in [-0.39, 0.29) is 17.9 Å². The maximum atomic E-state index is 13.6. The van der Waals surface area contributed by atoms with Crippen LogP contribution in [0.3, 0.4) is 0 Å². The van der Waals surface area contributed by atoms with Crippen molar-refractivity contribution in [3.05, 3.63) is 53.1 Å². The Balaban J connectivity index is 1.98. The van der Waals surface area contributed by atoms with Gasteiger partial charge in [-0.2, -0.15) is 0 Å². The first kappa shape index (κ1) is 20.3. The standard InChI is InChI=1S/C23H24O7/c1-4-5-6-14-19-16(27-2)9-10-17(28-3)20(19)22(25)23(26,21(14)24)13-7-8-15-18(11-13)30-12-29-15/h6-11,22,25-26H,4-5,12H2,1-3H3/b14-6-/t22-,23+/m1/s1. The molecule has 0 saturated heterocycles. The van der Waals surface area contributed by atoms with E-state index in [1.807, 2.05) is 6.92 Å². The molecule has 1 aliphatic carbocycles. The van der Waals surface area contributed by atoms with Gasteiger partial charge in [-0.1, -0.05) is 25.5 Å². The molecule has 0 spiro atoms. The maximum absolute atomic E-state index is 13.6. The zero-order valence-corrected chi connectivity index (χ0v) is 17.1. The summed E-state index contributed by atoms with van der Waals surface area (Å²) in [4.78, 5) is 13.6. The molecule has 2 aromatic rings. The molecule has 7 nitrogen and oxygen atoms in total. The Morgan fingerprint density at radius 2 is 1.83 bits per heavy atom. The molecular formula is C23H24O7. The average Bonchev–Trinajstić information content (AvgIpc) is 3.24. The van der Waals surface area contributed by atoms with E-state index >= 15 is 0 Å². The fraction of sp³-hybridized carbons (Fsp3) is 0.348. The van der Waals surface area contributed by atoms with Crippen LogP contribution < -0.4 is 18.9 Å². The smallest absolute Gasteiger partial charge is 0.231 e. The number of rotatable bonds is 5. The number of carbonyl (C=O) groups is 1. The predicted octanol–water partition coefficient (Wildman–Crippen LogP) is 3.12. The second-order valence-electron chi connectivity index (χ2n) is 7.23. The van der Waals surface area contributed by atoms with Gasteiger partial charge in [-0.3, -0.25) is 4.79 Å². The third kappa shape index (κ3) is 2.85. The number of unbranched alkanes of at least 4 members (excludes halogenated alkanes) is 1. The number of aliphatic hydroxyl groups excluding tert-OH is 1. The number of allylic oxidation sites excluding steroid dienone is 1. The highest BCUT2D eigenvalue weighted by molar-refractivity contribution is 6.27. The molecule has 0 bridgehead atoms. The molecule has 1 aliphatic heterocycles. The summed E-state index contributed by atoms with van der Waals surface area (Å²) in [6.45, 7) is 2.05. The molecule has 158 valence electrons. The molecule has 0 radical (unpaired) electrons. The largest absolute Gasteiger partial charge is 0.496 e. The van der Waals surface area contributed by atoms with Crippen molar-refractivity contribution in [3.8, 4) is 23.0 Å². The van der Waals surface area contributed by atoms with Crippen molar-refractivity contribution >= 4 is 11.4 Å². The fourth-order valence-corrected chi connectivity index (χ4v) is 4.04. The van der Waals surface area contributed by atoms with Crippen LogP contribution in [0.2, 0.25) is 0 Å². The van der Waals surface area contributed by atoms with Crippen molar-refractivity contribution in [2.45, 2.75) is 31.5 Å². The summed E-state index contributed by atoms with van der Waals surface area (Å²) in [5.41, 5.74) is -0.991. The average molecular weight is 412 g/mol. The lowest BCUT2D eigenvalue weighted by atomic mass is 9.70. The Morgan fingerprint density at radius 3 is 2.53 bits per heavy atom. The monoisotopic (exact) mass is 412 g/mol. The van der Waals surface area contributed by atoms with E-state index < -0.39 is 17.5 Å². The van der Waals surface area contributed by atoms with E-state index in [1.54, 1.807) is 30.3 Å². The zero-order chi connectivity index (χ0) is 21.5. The number of ketones is 1. The summed E-state index contributed by atoms with van der Waals surface area (Å²) in [6, 6.07) is 8.03. The second-order valence-corrected chi connectivity index (χ2v) is 7.23. The van der Waals surface area contributed by atoms with Crippen LogP contribution in [0.25, 0.3) is 5.57 Å². The molecule has 4 rings (SSSR count). The zero-order valence-electron chi connectivity index (χ0n) is 17.1. The first-order valence-electron chi connectivity index (χ1n) is 9.78. The number of hydrogen-bond acceptors (Lipinski definition) is 7. The van der Waals surface area contributed by atoms with Crippen LogP contribution in [0.15, 0.2) is 36.4 Å². The van der Waals surface area contributed by atoms with Crippen molar-refractivity contribution in [3.63, 3.8) is 0 Å². The van der Waals surface area contributed by atoms with Crippen LogP contribution in [0, 0.1) is 0 Å². The minimum absolute atomic E-state index is 0.0588. The van der Waals surface area contributed by atoms with E-state index in [2.05, 4.69) is 0 Å². The summed E-state index contributed by atoms with van der Waals surface area (Å²) < 4.78 is 21.7. The summed E-state index contributed by atoms with van der Waals surface area (Å²) >= 11 is 0. The number of benzene rings is 2. The number of carbonyl (C=O) groups excluding carboxylic acids is 1.